The Morgan fingerprint density at radius 2 is 1.23 bits per heavy atom. The van der Waals surface area contributed by atoms with E-state index in [4.69, 9.17) is 0 Å². The highest BCUT2D eigenvalue weighted by Gasteiger charge is 2.12. The molecule has 0 radical (unpaired) electrons. The topological polar surface area (TPSA) is 0 Å². The molecule has 0 aliphatic rings. The Balaban J connectivity index is 1.28. The molecule has 0 aliphatic heterocycles. The van der Waals surface area contributed by atoms with Crippen LogP contribution in [0.25, 0.3) is 40.7 Å². The summed E-state index contributed by atoms with van der Waals surface area (Å²) >= 11 is 3.87. The molecule has 2 heterocycles. The molecular formula is C29H30S2. The Morgan fingerprint density at radius 3 is 2.03 bits per heavy atom. The molecule has 5 rings (SSSR count). The fourth-order valence-electron chi connectivity index (χ4n) is 4.53. The molecule has 0 bridgehead atoms. The van der Waals surface area contributed by atoms with Gasteiger partial charge in [-0.2, -0.15) is 0 Å². The molecule has 0 N–H and O–H groups in total. The molecule has 5 aromatic rings. The summed E-state index contributed by atoms with van der Waals surface area (Å²) in [7, 11) is 0. The SMILES string of the molecule is CCCCCCCCCc1ccc(-c2ccc3c(c2)sc2c4ccccc4sc32)cc1. The summed E-state index contributed by atoms with van der Waals surface area (Å²) in [5.41, 5.74) is 4.13. The Bertz CT molecular complexity index is 1290. The fraction of sp³-hybridized carbons (Fsp3) is 0.310. The number of benzene rings is 3. The van der Waals surface area contributed by atoms with Crippen molar-refractivity contribution in [2.45, 2.75) is 58.3 Å². The van der Waals surface area contributed by atoms with Crippen molar-refractivity contribution in [1.29, 1.82) is 0 Å². The van der Waals surface area contributed by atoms with Gasteiger partial charge in [0.15, 0.2) is 0 Å². The van der Waals surface area contributed by atoms with Crippen molar-refractivity contribution < 1.29 is 0 Å². The third-order valence-electron chi connectivity index (χ3n) is 6.34. The monoisotopic (exact) mass is 442 g/mol. The summed E-state index contributed by atoms with van der Waals surface area (Å²) in [5.74, 6) is 0. The second-order valence-electron chi connectivity index (χ2n) is 8.64. The molecule has 2 heteroatoms. The Labute approximate surface area is 193 Å². The smallest absolute Gasteiger partial charge is 0.0542 e. The second kappa shape index (κ2) is 9.54. The average Bonchev–Trinajstić information content (AvgIpc) is 3.34. The summed E-state index contributed by atoms with van der Waals surface area (Å²) < 4.78 is 5.68. The van der Waals surface area contributed by atoms with Gasteiger partial charge in [0, 0.05) is 20.2 Å². The number of hydrogen-bond donors (Lipinski definition) is 0. The number of hydrogen-bond acceptors (Lipinski definition) is 2. The molecule has 0 nitrogen and oxygen atoms in total. The quantitative estimate of drug-likeness (QED) is 0.199. The van der Waals surface area contributed by atoms with Gasteiger partial charge in [0.2, 0.25) is 0 Å². The molecule has 31 heavy (non-hydrogen) atoms. The number of thiophene rings is 2. The van der Waals surface area contributed by atoms with Gasteiger partial charge in [0.05, 0.1) is 9.40 Å². The molecule has 0 saturated carbocycles. The van der Waals surface area contributed by atoms with E-state index >= 15 is 0 Å². The van der Waals surface area contributed by atoms with Gasteiger partial charge in [0.1, 0.15) is 0 Å². The molecule has 0 saturated heterocycles. The number of rotatable bonds is 9. The molecule has 0 atom stereocenters. The third kappa shape index (κ3) is 4.42. The lowest BCUT2D eigenvalue weighted by atomic mass is 10.0. The van der Waals surface area contributed by atoms with Crippen molar-refractivity contribution in [2.24, 2.45) is 0 Å². The Kier molecular flexibility index (Phi) is 6.38. The van der Waals surface area contributed by atoms with Gasteiger partial charge in [-0.1, -0.05) is 100 Å². The van der Waals surface area contributed by atoms with Crippen LogP contribution in [-0.2, 0) is 6.42 Å². The predicted octanol–water partition coefficient (Wildman–Crippen LogP) is 10.2. The first-order valence-electron chi connectivity index (χ1n) is 11.8. The van der Waals surface area contributed by atoms with Crippen LogP contribution < -0.4 is 0 Å². The van der Waals surface area contributed by atoms with Crippen LogP contribution in [0.2, 0.25) is 0 Å². The minimum Gasteiger partial charge on any atom is -0.134 e. The van der Waals surface area contributed by atoms with Gasteiger partial charge in [-0.3, -0.25) is 0 Å². The standard InChI is InChI=1S/C29H30S2/c1-2-3-4-5-6-7-8-11-21-14-16-22(17-15-21)23-18-19-25-27(20-23)31-28-24-12-9-10-13-26(24)30-29(25)28/h9-10,12-20H,2-8,11H2,1H3. The molecule has 0 aliphatic carbocycles. The van der Waals surface area contributed by atoms with Gasteiger partial charge in [-0.05, 0) is 41.7 Å². The maximum absolute atomic E-state index is 2.38. The summed E-state index contributed by atoms with van der Waals surface area (Å²) in [6, 6.07) is 25.1. The molecule has 2 aromatic heterocycles. The fourth-order valence-corrected chi connectivity index (χ4v) is 7.23. The van der Waals surface area contributed by atoms with Crippen molar-refractivity contribution in [2.75, 3.05) is 0 Å². The van der Waals surface area contributed by atoms with E-state index in [0.717, 1.165) is 0 Å². The summed E-state index contributed by atoms with van der Waals surface area (Å²) in [5, 5.41) is 2.81. The summed E-state index contributed by atoms with van der Waals surface area (Å²) in [6.07, 6.45) is 10.8. The second-order valence-corrected chi connectivity index (χ2v) is 10.7. The predicted molar refractivity (Wildman–Crippen MR) is 142 cm³/mol. The zero-order valence-corrected chi connectivity index (χ0v) is 20.0. The summed E-state index contributed by atoms with van der Waals surface area (Å²) in [6.45, 7) is 2.28. The van der Waals surface area contributed by atoms with Crippen LogP contribution in [0.15, 0.2) is 66.7 Å². The molecule has 158 valence electrons. The molecule has 0 amide bonds. The van der Waals surface area contributed by atoms with Crippen LogP contribution in [0.3, 0.4) is 0 Å². The van der Waals surface area contributed by atoms with E-state index in [1.165, 1.54) is 97.6 Å². The zero-order chi connectivity index (χ0) is 21.0. The van der Waals surface area contributed by atoms with Crippen molar-refractivity contribution in [3.8, 4) is 11.1 Å². The van der Waals surface area contributed by atoms with Crippen LogP contribution in [-0.4, -0.2) is 0 Å². The Morgan fingerprint density at radius 1 is 0.581 bits per heavy atom. The lowest BCUT2D eigenvalue weighted by Crippen LogP contribution is -1.87. The van der Waals surface area contributed by atoms with E-state index in [1.54, 1.807) is 0 Å². The molecule has 3 aromatic carbocycles. The van der Waals surface area contributed by atoms with Crippen LogP contribution in [0.4, 0.5) is 0 Å². The maximum Gasteiger partial charge on any atom is 0.0542 e. The van der Waals surface area contributed by atoms with Crippen LogP contribution >= 0.6 is 22.7 Å². The zero-order valence-electron chi connectivity index (χ0n) is 18.3. The molecule has 0 fully saturated rings. The minimum atomic E-state index is 1.21. The van der Waals surface area contributed by atoms with Crippen molar-refractivity contribution in [1.82, 2.24) is 0 Å². The van der Waals surface area contributed by atoms with Crippen molar-refractivity contribution in [3.63, 3.8) is 0 Å². The Hall–Kier alpha value is -2.16. The lowest BCUT2D eigenvalue weighted by molar-refractivity contribution is 0.589. The van der Waals surface area contributed by atoms with E-state index in [9.17, 15) is 0 Å². The van der Waals surface area contributed by atoms with E-state index in [2.05, 4.69) is 73.7 Å². The largest absolute Gasteiger partial charge is 0.134 e. The van der Waals surface area contributed by atoms with Gasteiger partial charge in [0.25, 0.3) is 0 Å². The highest BCUT2D eigenvalue weighted by atomic mass is 32.1. The van der Waals surface area contributed by atoms with Gasteiger partial charge in [-0.15, -0.1) is 22.7 Å². The number of fused-ring (bicyclic) bond motifs is 5. The maximum atomic E-state index is 2.38. The van der Waals surface area contributed by atoms with E-state index < -0.39 is 0 Å². The first kappa shape index (κ1) is 20.7. The molecule has 0 spiro atoms. The van der Waals surface area contributed by atoms with E-state index in [1.807, 2.05) is 22.7 Å². The van der Waals surface area contributed by atoms with E-state index in [0.29, 0.717) is 0 Å². The van der Waals surface area contributed by atoms with E-state index in [-0.39, 0.29) is 0 Å². The number of unbranched alkanes of at least 4 members (excludes halogenated alkanes) is 6. The van der Waals surface area contributed by atoms with Gasteiger partial charge >= 0.3 is 0 Å². The van der Waals surface area contributed by atoms with Crippen LogP contribution in [0, 0.1) is 0 Å². The van der Waals surface area contributed by atoms with Crippen LogP contribution in [0.5, 0.6) is 0 Å². The molecular weight excluding hydrogens is 412 g/mol. The first-order valence-corrected chi connectivity index (χ1v) is 13.4. The minimum absolute atomic E-state index is 1.21. The first-order chi connectivity index (χ1) is 15.3. The van der Waals surface area contributed by atoms with Gasteiger partial charge in [-0.25, -0.2) is 0 Å². The average molecular weight is 443 g/mol. The highest BCUT2D eigenvalue weighted by Crippen LogP contribution is 2.44. The molecule has 0 unspecified atom stereocenters. The normalized spacial score (nSPS) is 11.8. The summed E-state index contributed by atoms with van der Waals surface area (Å²) in [4.78, 5) is 0. The van der Waals surface area contributed by atoms with Gasteiger partial charge < -0.3 is 0 Å². The number of aryl methyl sites for hydroxylation is 1. The lowest BCUT2D eigenvalue weighted by Gasteiger charge is -2.06. The van der Waals surface area contributed by atoms with Crippen molar-refractivity contribution in [3.05, 3.63) is 72.3 Å². The third-order valence-corrected chi connectivity index (χ3v) is 8.86. The highest BCUT2D eigenvalue weighted by molar-refractivity contribution is 7.36. The van der Waals surface area contributed by atoms with Crippen molar-refractivity contribution >= 4 is 52.2 Å². The van der Waals surface area contributed by atoms with Crippen LogP contribution in [0.1, 0.15) is 57.4 Å².